The average molecular weight is 385 g/mol. The van der Waals surface area contributed by atoms with E-state index in [0.29, 0.717) is 0 Å². The van der Waals surface area contributed by atoms with Crippen LogP contribution in [0.4, 0.5) is 5.69 Å². The molecule has 0 atom stereocenters. The number of aryl methyl sites for hydroxylation is 2. The summed E-state index contributed by atoms with van der Waals surface area (Å²) in [5, 5.41) is 9.86. The first-order valence-corrected chi connectivity index (χ1v) is 10.8. The van der Waals surface area contributed by atoms with E-state index in [4.69, 9.17) is 0 Å². The summed E-state index contributed by atoms with van der Waals surface area (Å²) in [5.41, 5.74) is 4.05. The molecule has 2 aliphatic rings. The number of rotatable bonds is 3. The Labute approximate surface area is 168 Å². The van der Waals surface area contributed by atoms with Crippen molar-refractivity contribution in [1.82, 2.24) is 16.0 Å². The van der Waals surface area contributed by atoms with Crippen LogP contribution in [0.15, 0.2) is 52.3 Å². The van der Waals surface area contributed by atoms with Gasteiger partial charge in [0.1, 0.15) is 0 Å². The summed E-state index contributed by atoms with van der Waals surface area (Å²) in [6, 6.07) is 15.5. The van der Waals surface area contributed by atoms with Gasteiger partial charge in [0.15, 0.2) is 0 Å². The monoisotopic (exact) mass is 384 g/mol. The van der Waals surface area contributed by atoms with Crippen molar-refractivity contribution in [3.8, 4) is 0 Å². The van der Waals surface area contributed by atoms with Crippen LogP contribution in [0.1, 0.15) is 11.1 Å². The Bertz CT molecular complexity index is 698. The molecule has 2 aromatic carbocycles. The van der Waals surface area contributed by atoms with Crippen molar-refractivity contribution in [3.63, 3.8) is 0 Å². The Hall–Kier alpha value is -1.53. The predicted molar refractivity (Wildman–Crippen MR) is 117 cm³/mol. The molecule has 146 valence electrons. The second-order valence-electron chi connectivity index (χ2n) is 7.08. The molecule has 2 fully saturated rings. The zero-order chi connectivity index (χ0) is 18.9. The van der Waals surface area contributed by atoms with Gasteiger partial charge in [-0.2, -0.15) is 0 Å². The zero-order valence-corrected chi connectivity index (χ0v) is 17.4. The average Bonchev–Trinajstić information content (AvgIpc) is 2.73. The van der Waals surface area contributed by atoms with Gasteiger partial charge in [0.05, 0.1) is 5.69 Å². The van der Waals surface area contributed by atoms with E-state index in [0.717, 1.165) is 52.4 Å². The molecule has 0 saturated carbocycles. The van der Waals surface area contributed by atoms with Gasteiger partial charge in [0.2, 0.25) is 0 Å². The minimum absolute atomic E-state index is 1.07. The number of hydrogen-bond acceptors (Lipinski definition) is 5. The molecule has 0 spiro atoms. The third-order valence-electron chi connectivity index (χ3n) is 4.83. The van der Waals surface area contributed by atoms with E-state index < -0.39 is 0 Å². The molecule has 2 aromatic rings. The standard InChI is InChI=1S/C18H22N2S.C4H10N2/c1-14-7-8-17(15(2)13-14)21-18-6-4-3-5-16(18)20-11-9-19-10-12-20;1-2-6-4-3-5-1/h3-8,13,19H,9-12H2,1-2H3;5-6H,1-4H2. The highest BCUT2D eigenvalue weighted by Gasteiger charge is 2.14. The van der Waals surface area contributed by atoms with Crippen LogP contribution < -0.4 is 20.9 Å². The molecular formula is C22H32N4S. The van der Waals surface area contributed by atoms with Gasteiger partial charge in [0.25, 0.3) is 0 Å². The van der Waals surface area contributed by atoms with Crippen LogP contribution in [0.3, 0.4) is 0 Å². The molecule has 3 N–H and O–H groups in total. The lowest BCUT2D eigenvalue weighted by atomic mass is 10.2. The molecule has 2 heterocycles. The van der Waals surface area contributed by atoms with Crippen LogP contribution in [-0.4, -0.2) is 52.4 Å². The molecule has 4 rings (SSSR count). The van der Waals surface area contributed by atoms with E-state index in [9.17, 15) is 0 Å². The van der Waals surface area contributed by atoms with Gasteiger partial charge >= 0.3 is 0 Å². The summed E-state index contributed by atoms with van der Waals surface area (Å²) >= 11 is 1.88. The lowest BCUT2D eigenvalue weighted by Gasteiger charge is -2.31. The largest absolute Gasteiger partial charge is 0.368 e. The lowest BCUT2D eigenvalue weighted by molar-refractivity contribution is 0.534. The number of benzene rings is 2. The van der Waals surface area contributed by atoms with Gasteiger partial charge in [-0.3, -0.25) is 0 Å². The Balaban J connectivity index is 0.000000299. The molecule has 0 unspecified atom stereocenters. The molecule has 5 heteroatoms. The van der Waals surface area contributed by atoms with Gasteiger partial charge in [-0.05, 0) is 37.6 Å². The van der Waals surface area contributed by atoms with Crippen molar-refractivity contribution >= 4 is 17.4 Å². The van der Waals surface area contributed by atoms with Crippen molar-refractivity contribution in [3.05, 3.63) is 53.6 Å². The molecule has 0 aliphatic carbocycles. The summed E-state index contributed by atoms with van der Waals surface area (Å²) in [6.07, 6.45) is 0. The Morgan fingerprint density at radius 2 is 1.37 bits per heavy atom. The number of para-hydroxylation sites is 1. The number of nitrogens with one attached hydrogen (secondary N) is 3. The maximum atomic E-state index is 3.42. The van der Waals surface area contributed by atoms with Gasteiger partial charge < -0.3 is 20.9 Å². The number of piperazine rings is 2. The molecule has 0 radical (unpaired) electrons. The highest BCUT2D eigenvalue weighted by molar-refractivity contribution is 7.99. The quantitative estimate of drug-likeness (QED) is 0.759. The summed E-state index contributed by atoms with van der Waals surface area (Å²) < 4.78 is 0. The second-order valence-corrected chi connectivity index (χ2v) is 8.16. The van der Waals surface area contributed by atoms with Crippen LogP contribution in [0.25, 0.3) is 0 Å². The van der Waals surface area contributed by atoms with Crippen LogP contribution in [0.2, 0.25) is 0 Å². The number of hydrogen-bond donors (Lipinski definition) is 3. The zero-order valence-electron chi connectivity index (χ0n) is 16.6. The SMILES string of the molecule is C1CNCCN1.Cc1ccc(Sc2ccccc2N2CCNCC2)c(C)c1. The van der Waals surface area contributed by atoms with E-state index in [2.05, 4.69) is 77.2 Å². The third kappa shape index (κ3) is 6.25. The fourth-order valence-electron chi connectivity index (χ4n) is 3.35. The summed E-state index contributed by atoms with van der Waals surface area (Å²) in [6.45, 7) is 13.2. The van der Waals surface area contributed by atoms with E-state index in [1.54, 1.807) is 0 Å². The predicted octanol–water partition coefficient (Wildman–Crippen LogP) is 3.04. The summed E-state index contributed by atoms with van der Waals surface area (Å²) in [4.78, 5) is 5.19. The van der Waals surface area contributed by atoms with E-state index >= 15 is 0 Å². The Morgan fingerprint density at radius 1 is 0.741 bits per heavy atom. The molecule has 2 saturated heterocycles. The van der Waals surface area contributed by atoms with Crippen molar-refractivity contribution in [2.45, 2.75) is 23.6 Å². The van der Waals surface area contributed by atoms with E-state index in [1.165, 1.54) is 26.6 Å². The highest BCUT2D eigenvalue weighted by Crippen LogP contribution is 2.37. The Kier molecular flexibility index (Phi) is 8.02. The fourth-order valence-corrected chi connectivity index (χ4v) is 4.39. The summed E-state index contributed by atoms with van der Waals surface area (Å²) in [7, 11) is 0. The third-order valence-corrected chi connectivity index (χ3v) is 6.07. The first kappa shape index (κ1) is 20.2. The molecule has 27 heavy (non-hydrogen) atoms. The maximum Gasteiger partial charge on any atom is 0.0508 e. The fraction of sp³-hybridized carbons (Fsp3) is 0.455. The van der Waals surface area contributed by atoms with Crippen molar-refractivity contribution in [2.75, 3.05) is 57.3 Å². The molecule has 0 bridgehead atoms. The van der Waals surface area contributed by atoms with Crippen molar-refractivity contribution in [1.29, 1.82) is 0 Å². The van der Waals surface area contributed by atoms with Crippen LogP contribution >= 0.6 is 11.8 Å². The molecular weight excluding hydrogens is 352 g/mol. The summed E-state index contributed by atoms with van der Waals surface area (Å²) in [5.74, 6) is 0. The molecule has 0 amide bonds. The van der Waals surface area contributed by atoms with Gasteiger partial charge in [-0.15, -0.1) is 0 Å². The molecule has 2 aliphatic heterocycles. The topological polar surface area (TPSA) is 39.3 Å². The minimum atomic E-state index is 1.07. The smallest absolute Gasteiger partial charge is 0.0508 e. The second kappa shape index (κ2) is 10.7. The van der Waals surface area contributed by atoms with Crippen LogP contribution in [-0.2, 0) is 0 Å². The molecule has 0 aromatic heterocycles. The maximum absolute atomic E-state index is 3.42. The van der Waals surface area contributed by atoms with Crippen molar-refractivity contribution in [2.24, 2.45) is 0 Å². The number of nitrogens with zero attached hydrogens (tertiary/aromatic N) is 1. The first-order valence-electron chi connectivity index (χ1n) is 9.95. The van der Waals surface area contributed by atoms with E-state index in [-0.39, 0.29) is 0 Å². The van der Waals surface area contributed by atoms with Crippen molar-refractivity contribution < 1.29 is 0 Å². The van der Waals surface area contributed by atoms with E-state index in [1.807, 2.05) is 11.8 Å². The highest BCUT2D eigenvalue weighted by atomic mass is 32.2. The van der Waals surface area contributed by atoms with Crippen LogP contribution in [0, 0.1) is 13.8 Å². The van der Waals surface area contributed by atoms with Gasteiger partial charge in [-0.25, -0.2) is 0 Å². The Morgan fingerprint density at radius 3 is 2.00 bits per heavy atom. The number of anilines is 1. The van der Waals surface area contributed by atoms with Crippen LogP contribution in [0.5, 0.6) is 0 Å². The van der Waals surface area contributed by atoms with Gasteiger partial charge in [0, 0.05) is 62.1 Å². The normalized spacial score (nSPS) is 17.2. The minimum Gasteiger partial charge on any atom is -0.368 e. The van der Waals surface area contributed by atoms with Gasteiger partial charge in [-0.1, -0.05) is 41.6 Å². The first-order chi connectivity index (χ1) is 13.2. The lowest BCUT2D eigenvalue weighted by Crippen LogP contribution is -2.43. The molecule has 4 nitrogen and oxygen atoms in total.